The van der Waals surface area contributed by atoms with Gasteiger partial charge in [0.25, 0.3) is 0 Å². The molecule has 12 heteroatoms. The SMILES string of the molecule is N.O=C(O)c1ccc2nc(CN3CCC(n4nccc4SCc4ccc(Cl)cc4F)CC3)n(C[C@@H]3CCO3)c2c1. The van der Waals surface area contributed by atoms with Crippen molar-refractivity contribution in [2.45, 2.75) is 55.3 Å². The number of thioether (sulfide) groups is 1. The normalized spacial score (nSPS) is 18.0. The Balaban J connectivity index is 0.00000323. The molecule has 2 aliphatic rings. The lowest BCUT2D eigenvalue weighted by Crippen LogP contribution is -2.36. The van der Waals surface area contributed by atoms with Crippen LogP contribution in [-0.4, -0.2) is 61.1 Å². The molecule has 2 fully saturated rings. The van der Waals surface area contributed by atoms with E-state index in [9.17, 15) is 14.3 Å². The van der Waals surface area contributed by atoms with E-state index in [1.807, 2.05) is 12.3 Å². The minimum Gasteiger partial charge on any atom is -0.478 e. The van der Waals surface area contributed by atoms with E-state index in [2.05, 4.69) is 19.2 Å². The molecule has 2 aliphatic heterocycles. The van der Waals surface area contributed by atoms with Crippen LogP contribution in [0.5, 0.6) is 0 Å². The minimum absolute atomic E-state index is 0. The number of piperidine rings is 1. The molecule has 9 nitrogen and oxygen atoms in total. The van der Waals surface area contributed by atoms with Crippen LogP contribution in [0.1, 0.15) is 47.1 Å². The number of benzene rings is 2. The summed E-state index contributed by atoms with van der Waals surface area (Å²) in [6, 6.07) is 12.2. The molecule has 0 amide bonds. The van der Waals surface area contributed by atoms with Crippen molar-refractivity contribution in [3.8, 4) is 0 Å². The number of fused-ring (bicyclic) bond motifs is 1. The number of carbonyl (C=O) groups is 1. The molecule has 6 rings (SSSR count). The summed E-state index contributed by atoms with van der Waals surface area (Å²) in [5.41, 5.74) is 2.53. The summed E-state index contributed by atoms with van der Waals surface area (Å²) < 4.78 is 24.1. The van der Waals surface area contributed by atoms with Crippen molar-refractivity contribution in [2.75, 3.05) is 19.7 Å². The second-order valence-corrected chi connectivity index (χ2v) is 11.5. The smallest absolute Gasteiger partial charge is 0.335 e. The Hall–Kier alpha value is -2.96. The Bertz CT molecular complexity index is 1500. The first-order valence-corrected chi connectivity index (χ1v) is 14.5. The van der Waals surface area contributed by atoms with Gasteiger partial charge in [0.1, 0.15) is 11.6 Å². The fourth-order valence-electron chi connectivity index (χ4n) is 5.27. The molecule has 2 aromatic heterocycles. The van der Waals surface area contributed by atoms with E-state index in [0.717, 1.165) is 60.8 Å². The lowest BCUT2D eigenvalue weighted by Gasteiger charge is -2.33. The molecule has 0 bridgehead atoms. The Morgan fingerprint density at radius 1 is 1.15 bits per heavy atom. The molecule has 0 spiro atoms. The molecule has 0 aliphatic carbocycles. The van der Waals surface area contributed by atoms with Crippen LogP contribution < -0.4 is 6.15 Å². The van der Waals surface area contributed by atoms with E-state index in [1.165, 1.54) is 6.07 Å². The van der Waals surface area contributed by atoms with E-state index < -0.39 is 5.97 Å². The largest absolute Gasteiger partial charge is 0.478 e. The second kappa shape index (κ2) is 12.3. The van der Waals surface area contributed by atoms with E-state index in [-0.39, 0.29) is 29.7 Å². The molecule has 2 aromatic carbocycles. The summed E-state index contributed by atoms with van der Waals surface area (Å²) >= 11 is 7.47. The number of imidazole rings is 1. The Morgan fingerprint density at radius 2 is 1.95 bits per heavy atom. The first kappa shape index (κ1) is 28.6. The fraction of sp³-hybridized carbons (Fsp3) is 0.393. The lowest BCUT2D eigenvalue weighted by molar-refractivity contribution is -0.0592. The van der Waals surface area contributed by atoms with Gasteiger partial charge in [0.15, 0.2) is 0 Å². The molecule has 0 unspecified atom stereocenters. The summed E-state index contributed by atoms with van der Waals surface area (Å²) in [6.07, 6.45) is 4.83. The van der Waals surface area contributed by atoms with Gasteiger partial charge >= 0.3 is 5.97 Å². The summed E-state index contributed by atoms with van der Waals surface area (Å²) in [5.74, 6) is 0.214. The number of aromatic nitrogens is 4. The quantitative estimate of drug-likeness (QED) is 0.236. The van der Waals surface area contributed by atoms with Crippen LogP contribution in [-0.2, 0) is 23.6 Å². The standard InChI is InChI=1S/C28H29ClFN5O3S.H3N/c29-20-3-1-19(23(30)14-20)17-39-27-5-9-31-35(27)21-6-10-33(11-7-21)16-26-32-24-4-2-18(28(36)37)13-25(24)34(26)15-22-8-12-38-22;/h1-5,9,13-14,21-22H,6-8,10-12,15-17H2,(H,36,37);1H3/t22-;/m0./s1. The monoisotopic (exact) mass is 586 g/mol. The fourth-order valence-corrected chi connectivity index (χ4v) is 6.45. The number of halogens is 2. The first-order chi connectivity index (χ1) is 18.9. The molecular formula is C28H32ClFN6O3S. The van der Waals surface area contributed by atoms with Gasteiger partial charge in [-0.05, 0) is 61.2 Å². The molecule has 40 heavy (non-hydrogen) atoms. The number of aromatic carboxylic acids is 1. The maximum absolute atomic E-state index is 14.2. The van der Waals surface area contributed by atoms with Crippen LogP contribution >= 0.6 is 23.4 Å². The number of nitrogens with zero attached hydrogens (tertiary/aromatic N) is 5. The molecule has 1 atom stereocenters. The van der Waals surface area contributed by atoms with Gasteiger partial charge in [-0.15, -0.1) is 11.8 Å². The van der Waals surface area contributed by atoms with Gasteiger partial charge in [0, 0.05) is 30.5 Å². The number of likely N-dealkylation sites (tertiary alicyclic amines) is 1. The van der Waals surface area contributed by atoms with Crippen molar-refractivity contribution in [1.29, 1.82) is 0 Å². The van der Waals surface area contributed by atoms with Crippen molar-refractivity contribution >= 4 is 40.4 Å². The molecule has 4 heterocycles. The van der Waals surface area contributed by atoms with Gasteiger partial charge in [0.05, 0.1) is 53.1 Å². The average Bonchev–Trinajstić information content (AvgIpc) is 3.50. The number of carboxylic acid groups (broad SMARTS) is 1. The zero-order valence-corrected chi connectivity index (χ0v) is 23.6. The molecule has 212 valence electrons. The third kappa shape index (κ3) is 6.03. The maximum atomic E-state index is 14.2. The predicted molar refractivity (Wildman–Crippen MR) is 153 cm³/mol. The topological polar surface area (TPSA) is 120 Å². The third-order valence-electron chi connectivity index (χ3n) is 7.55. The number of carboxylic acids is 1. The molecule has 0 radical (unpaired) electrons. The van der Waals surface area contributed by atoms with E-state index in [4.69, 9.17) is 21.3 Å². The molecule has 0 saturated carbocycles. The van der Waals surface area contributed by atoms with Crippen molar-refractivity contribution < 1.29 is 19.0 Å². The van der Waals surface area contributed by atoms with Crippen LogP contribution in [0, 0.1) is 5.82 Å². The van der Waals surface area contributed by atoms with E-state index in [1.54, 1.807) is 42.1 Å². The van der Waals surface area contributed by atoms with Crippen LogP contribution in [0.4, 0.5) is 4.39 Å². The molecule has 4 N–H and O–H groups in total. The van der Waals surface area contributed by atoms with Gasteiger partial charge in [-0.2, -0.15) is 5.10 Å². The Labute approximate surface area is 240 Å². The van der Waals surface area contributed by atoms with Crippen molar-refractivity contribution in [2.24, 2.45) is 0 Å². The average molecular weight is 587 g/mol. The predicted octanol–water partition coefficient (Wildman–Crippen LogP) is 5.80. The third-order valence-corrected chi connectivity index (χ3v) is 8.86. The number of hydrogen-bond donors (Lipinski definition) is 2. The Morgan fingerprint density at radius 3 is 2.65 bits per heavy atom. The highest BCUT2D eigenvalue weighted by molar-refractivity contribution is 7.98. The number of hydrogen-bond acceptors (Lipinski definition) is 7. The second-order valence-electron chi connectivity index (χ2n) is 10.1. The molecular weight excluding hydrogens is 555 g/mol. The van der Waals surface area contributed by atoms with Crippen LogP contribution in [0.2, 0.25) is 5.02 Å². The highest BCUT2D eigenvalue weighted by Gasteiger charge is 2.26. The van der Waals surface area contributed by atoms with E-state index >= 15 is 0 Å². The van der Waals surface area contributed by atoms with Crippen LogP contribution in [0.15, 0.2) is 53.7 Å². The zero-order valence-electron chi connectivity index (χ0n) is 22.0. The number of ether oxygens (including phenoxy) is 1. The van der Waals surface area contributed by atoms with Gasteiger partial charge in [-0.1, -0.05) is 17.7 Å². The van der Waals surface area contributed by atoms with Gasteiger partial charge in [-0.25, -0.2) is 14.2 Å². The van der Waals surface area contributed by atoms with E-state index in [0.29, 0.717) is 29.4 Å². The summed E-state index contributed by atoms with van der Waals surface area (Å²) in [4.78, 5) is 18.8. The Kier molecular flexibility index (Phi) is 8.77. The highest BCUT2D eigenvalue weighted by atomic mass is 35.5. The first-order valence-electron chi connectivity index (χ1n) is 13.1. The van der Waals surface area contributed by atoms with Crippen LogP contribution in [0.25, 0.3) is 11.0 Å². The highest BCUT2D eigenvalue weighted by Crippen LogP contribution is 2.31. The molecule has 4 aromatic rings. The van der Waals surface area contributed by atoms with Gasteiger partial charge in [0.2, 0.25) is 0 Å². The van der Waals surface area contributed by atoms with Crippen LogP contribution in [0.3, 0.4) is 0 Å². The lowest BCUT2D eigenvalue weighted by atomic mass is 10.1. The maximum Gasteiger partial charge on any atom is 0.335 e. The minimum atomic E-state index is -0.942. The summed E-state index contributed by atoms with van der Waals surface area (Å²) in [5, 5.41) is 15.5. The van der Waals surface area contributed by atoms with Crippen molar-refractivity contribution in [3.05, 3.63) is 76.5 Å². The van der Waals surface area contributed by atoms with Crippen molar-refractivity contribution in [3.63, 3.8) is 0 Å². The summed E-state index contributed by atoms with van der Waals surface area (Å²) in [7, 11) is 0. The summed E-state index contributed by atoms with van der Waals surface area (Å²) in [6.45, 7) is 3.91. The van der Waals surface area contributed by atoms with Gasteiger partial charge < -0.3 is 20.6 Å². The number of rotatable bonds is 9. The van der Waals surface area contributed by atoms with Crippen molar-refractivity contribution in [1.82, 2.24) is 30.4 Å². The molecule has 2 saturated heterocycles. The van der Waals surface area contributed by atoms with Gasteiger partial charge in [-0.3, -0.25) is 9.58 Å². The zero-order chi connectivity index (χ0) is 26.9.